The SMILES string of the molecule is CC(NC(=O)NCC(C)(C)CCO)c1cccc(Cl)c1Cl. The fourth-order valence-corrected chi connectivity index (χ4v) is 2.36. The van der Waals surface area contributed by atoms with Crippen LogP contribution in [0.15, 0.2) is 18.2 Å². The van der Waals surface area contributed by atoms with Gasteiger partial charge in [0.2, 0.25) is 0 Å². The minimum absolute atomic E-state index is 0.102. The molecule has 4 nitrogen and oxygen atoms in total. The van der Waals surface area contributed by atoms with Crippen molar-refractivity contribution in [2.75, 3.05) is 13.2 Å². The molecule has 6 heteroatoms. The number of benzene rings is 1. The van der Waals surface area contributed by atoms with Gasteiger partial charge >= 0.3 is 6.03 Å². The fourth-order valence-electron chi connectivity index (χ4n) is 1.89. The lowest BCUT2D eigenvalue weighted by atomic mass is 9.90. The lowest BCUT2D eigenvalue weighted by Gasteiger charge is -2.25. The maximum atomic E-state index is 11.9. The molecule has 0 saturated heterocycles. The quantitative estimate of drug-likeness (QED) is 0.742. The van der Waals surface area contributed by atoms with Gasteiger partial charge in [-0.1, -0.05) is 49.2 Å². The minimum atomic E-state index is -0.274. The Labute approximate surface area is 135 Å². The summed E-state index contributed by atoms with van der Waals surface area (Å²) in [5.74, 6) is 0. The van der Waals surface area contributed by atoms with Crippen LogP contribution in [0, 0.1) is 5.41 Å². The van der Waals surface area contributed by atoms with Crippen LogP contribution in [0.4, 0.5) is 4.79 Å². The first kappa shape index (κ1) is 18.1. The highest BCUT2D eigenvalue weighted by Crippen LogP contribution is 2.29. The Kier molecular flexibility index (Phi) is 6.78. The molecular formula is C15H22Cl2N2O2. The van der Waals surface area contributed by atoms with Crippen LogP contribution >= 0.6 is 23.2 Å². The summed E-state index contributed by atoms with van der Waals surface area (Å²) in [5, 5.41) is 15.5. The molecule has 0 saturated carbocycles. The van der Waals surface area contributed by atoms with E-state index in [1.807, 2.05) is 26.8 Å². The van der Waals surface area contributed by atoms with Crippen molar-refractivity contribution in [2.45, 2.75) is 33.2 Å². The van der Waals surface area contributed by atoms with E-state index in [1.54, 1.807) is 12.1 Å². The molecule has 0 aliphatic carbocycles. The molecule has 0 fully saturated rings. The van der Waals surface area contributed by atoms with Gasteiger partial charge in [-0.15, -0.1) is 0 Å². The molecule has 3 N–H and O–H groups in total. The van der Waals surface area contributed by atoms with Crippen molar-refractivity contribution in [3.8, 4) is 0 Å². The van der Waals surface area contributed by atoms with Gasteiger partial charge in [0.15, 0.2) is 0 Å². The number of rotatable bonds is 6. The summed E-state index contributed by atoms with van der Waals surface area (Å²) in [7, 11) is 0. The molecule has 2 amide bonds. The van der Waals surface area contributed by atoms with Crippen LogP contribution in [0.1, 0.15) is 38.8 Å². The largest absolute Gasteiger partial charge is 0.396 e. The standard InChI is InChI=1S/C15H22Cl2N2O2/c1-10(11-5-4-6-12(16)13(11)17)19-14(21)18-9-15(2,3)7-8-20/h4-6,10,20H,7-9H2,1-3H3,(H2,18,19,21). The molecule has 0 aliphatic rings. The number of hydrogen-bond donors (Lipinski definition) is 3. The normalized spacial score (nSPS) is 12.9. The van der Waals surface area contributed by atoms with E-state index < -0.39 is 0 Å². The summed E-state index contributed by atoms with van der Waals surface area (Å²) in [4.78, 5) is 11.9. The summed E-state index contributed by atoms with van der Waals surface area (Å²) < 4.78 is 0. The highest BCUT2D eigenvalue weighted by molar-refractivity contribution is 6.42. The zero-order valence-corrected chi connectivity index (χ0v) is 14.1. The number of aliphatic hydroxyl groups excluding tert-OH is 1. The Bertz CT molecular complexity index is 493. The van der Waals surface area contributed by atoms with Crippen LogP contribution in [0.3, 0.4) is 0 Å². The van der Waals surface area contributed by atoms with Crippen molar-refractivity contribution in [3.05, 3.63) is 33.8 Å². The molecule has 1 atom stereocenters. The molecule has 1 aromatic rings. The zero-order valence-electron chi connectivity index (χ0n) is 12.5. The van der Waals surface area contributed by atoms with Crippen LogP contribution in [0.2, 0.25) is 10.0 Å². The molecule has 1 rings (SSSR count). The number of nitrogens with one attached hydrogen (secondary N) is 2. The summed E-state index contributed by atoms with van der Waals surface area (Å²) >= 11 is 12.1. The number of aliphatic hydroxyl groups is 1. The lowest BCUT2D eigenvalue weighted by Crippen LogP contribution is -2.41. The molecule has 0 spiro atoms. The van der Waals surface area contributed by atoms with E-state index in [1.165, 1.54) is 0 Å². The van der Waals surface area contributed by atoms with E-state index in [4.69, 9.17) is 28.3 Å². The fraction of sp³-hybridized carbons (Fsp3) is 0.533. The van der Waals surface area contributed by atoms with Gasteiger partial charge in [-0.25, -0.2) is 4.79 Å². The van der Waals surface area contributed by atoms with Gasteiger partial charge in [0.25, 0.3) is 0 Å². The first-order valence-electron chi connectivity index (χ1n) is 6.86. The summed E-state index contributed by atoms with van der Waals surface area (Å²) in [5.41, 5.74) is 0.622. The predicted molar refractivity (Wildman–Crippen MR) is 86.9 cm³/mol. The molecule has 1 aromatic carbocycles. The second-order valence-corrected chi connectivity index (χ2v) is 6.61. The van der Waals surface area contributed by atoms with E-state index >= 15 is 0 Å². The van der Waals surface area contributed by atoms with Crippen molar-refractivity contribution >= 4 is 29.2 Å². The van der Waals surface area contributed by atoms with Gasteiger partial charge in [-0.3, -0.25) is 0 Å². The topological polar surface area (TPSA) is 61.4 Å². The number of carbonyl (C=O) groups excluding carboxylic acids is 1. The Morgan fingerprint density at radius 2 is 2.05 bits per heavy atom. The van der Waals surface area contributed by atoms with Gasteiger partial charge < -0.3 is 15.7 Å². The second-order valence-electron chi connectivity index (χ2n) is 5.83. The first-order chi connectivity index (χ1) is 9.76. The highest BCUT2D eigenvalue weighted by atomic mass is 35.5. The third-order valence-electron chi connectivity index (χ3n) is 3.31. The molecule has 1 unspecified atom stereocenters. The van der Waals surface area contributed by atoms with E-state index in [0.717, 1.165) is 5.56 Å². The average Bonchev–Trinajstić information content (AvgIpc) is 2.39. The van der Waals surface area contributed by atoms with Crippen molar-refractivity contribution in [1.82, 2.24) is 10.6 Å². The molecule has 118 valence electrons. The lowest BCUT2D eigenvalue weighted by molar-refractivity contribution is 0.200. The average molecular weight is 333 g/mol. The third-order valence-corrected chi connectivity index (χ3v) is 4.15. The molecule has 21 heavy (non-hydrogen) atoms. The Morgan fingerprint density at radius 1 is 1.38 bits per heavy atom. The summed E-state index contributed by atoms with van der Waals surface area (Å²) in [6.45, 7) is 6.40. The summed E-state index contributed by atoms with van der Waals surface area (Å²) in [6.07, 6.45) is 0.628. The summed E-state index contributed by atoms with van der Waals surface area (Å²) in [6, 6.07) is 4.80. The van der Waals surface area contributed by atoms with E-state index in [9.17, 15) is 4.79 Å². The van der Waals surface area contributed by atoms with Gasteiger partial charge in [0.1, 0.15) is 0 Å². The molecule has 0 aliphatic heterocycles. The van der Waals surface area contributed by atoms with E-state index in [2.05, 4.69) is 10.6 Å². The van der Waals surface area contributed by atoms with Crippen LogP contribution in [0.25, 0.3) is 0 Å². The van der Waals surface area contributed by atoms with Crippen LogP contribution in [0.5, 0.6) is 0 Å². The van der Waals surface area contributed by atoms with Crippen molar-refractivity contribution in [1.29, 1.82) is 0 Å². The van der Waals surface area contributed by atoms with E-state index in [-0.39, 0.29) is 24.1 Å². The molecular weight excluding hydrogens is 311 g/mol. The van der Waals surface area contributed by atoms with Crippen LogP contribution in [-0.2, 0) is 0 Å². The smallest absolute Gasteiger partial charge is 0.315 e. The van der Waals surface area contributed by atoms with Gasteiger partial charge in [-0.2, -0.15) is 0 Å². The Morgan fingerprint density at radius 3 is 2.67 bits per heavy atom. The van der Waals surface area contributed by atoms with Gasteiger partial charge in [0.05, 0.1) is 16.1 Å². The molecule has 0 aromatic heterocycles. The van der Waals surface area contributed by atoms with Crippen LogP contribution in [-0.4, -0.2) is 24.3 Å². The Balaban J connectivity index is 2.57. The number of carbonyl (C=O) groups is 1. The number of urea groups is 1. The Hall–Kier alpha value is -0.970. The second kappa shape index (κ2) is 7.87. The van der Waals surface area contributed by atoms with Crippen molar-refractivity contribution in [3.63, 3.8) is 0 Å². The van der Waals surface area contributed by atoms with Crippen LogP contribution < -0.4 is 10.6 Å². The monoisotopic (exact) mass is 332 g/mol. The third kappa shape index (κ3) is 5.73. The number of amides is 2. The molecule has 0 heterocycles. The maximum Gasteiger partial charge on any atom is 0.315 e. The maximum absolute atomic E-state index is 11.9. The van der Waals surface area contributed by atoms with E-state index in [0.29, 0.717) is 23.0 Å². The number of hydrogen-bond acceptors (Lipinski definition) is 2. The minimum Gasteiger partial charge on any atom is -0.396 e. The van der Waals surface area contributed by atoms with Crippen molar-refractivity contribution < 1.29 is 9.90 Å². The molecule has 0 bridgehead atoms. The highest BCUT2D eigenvalue weighted by Gasteiger charge is 2.19. The van der Waals surface area contributed by atoms with Gasteiger partial charge in [-0.05, 0) is 30.4 Å². The number of halogens is 2. The molecule has 0 radical (unpaired) electrons. The van der Waals surface area contributed by atoms with Gasteiger partial charge in [0, 0.05) is 13.2 Å². The zero-order chi connectivity index (χ0) is 16.0. The predicted octanol–water partition coefficient (Wildman–Crippen LogP) is 3.76. The first-order valence-corrected chi connectivity index (χ1v) is 7.61. The van der Waals surface area contributed by atoms with Crippen molar-refractivity contribution in [2.24, 2.45) is 5.41 Å².